The molecule has 12 heteroatoms. The number of nitrogens with two attached hydrogens (primary N) is 1. The van der Waals surface area contributed by atoms with Crippen LogP contribution in [-0.2, 0) is 18.0 Å². The lowest BCUT2D eigenvalue weighted by Crippen LogP contribution is -2.50. The maximum atomic E-state index is 16.5. The van der Waals surface area contributed by atoms with E-state index in [1.54, 1.807) is 13.1 Å². The van der Waals surface area contributed by atoms with Crippen LogP contribution < -0.4 is 10.6 Å². The minimum absolute atomic E-state index is 0.0622. The van der Waals surface area contributed by atoms with E-state index in [2.05, 4.69) is 33.7 Å². The summed E-state index contributed by atoms with van der Waals surface area (Å²) in [6.07, 6.45) is 2.60. The molecule has 2 unspecified atom stereocenters. The first-order valence-electron chi connectivity index (χ1n) is 12.6. The van der Waals surface area contributed by atoms with E-state index in [9.17, 15) is 14.8 Å². The van der Waals surface area contributed by atoms with Crippen molar-refractivity contribution in [3.63, 3.8) is 0 Å². The summed E-state index contributed by atoms with van der Waals surface area (Å²) in [7, 11) is 1.97. The number of aromatic nitrogens is 3. The van der Waals surface area contributed by atoms with Crippen LogP contribution in [0.2, 0.25) is 0 Å². The number of ether oxygens (including phenoxy) is 1. The molecular formula is C27H27F2N7O2S. The summed E-state index contributed by atoms with van der Waals surface area (Å²) in [6, 6.07) is 2.06. The second kappa shape index (κ2) is 9.02. The summed E-state index contributed by atoms with van der Waals surface area (Å²) in [4.78, 5) is 17.4. The molecule has 202 valence electrons. The Hall–Kier alpha value is -3.50. The zero-order chi connectivity index (χ0) is 27.8. The van der Waals surface area contributed by atoms with Gasteiger partial charge in [0.15, 0.2) is 11.6 Å². The smallest absolute Gasteiger partial charge is 0.226 e. The molecule has 2 aliphatic rings. The number of hydrogen-bond donors (Lipinski definition) is 2. The summed E-state index contributed by atoms with van der Waals surface area (Å²) in [5.41, 5.74) is 6.65. The van der Waals surface area contributed by atoms with Gasteiger partial charge >= 0.3 is 0 Å². The van der Waals surface area contributed by atoms with Gasteiger partial charge in [0.1, 0.15) is 16.6 Å². The van der Waals surface area contributed by atoms with Crippen LogP contribution in [0.4, 0.5) is 19.7 Å². The van der Waals surface area contributed by atoms with Crippen molar-refractivity contribution in [1.82, 2.24) is 19.9 Å². The van der Waals surface area contributed by atoms with Crippen LogP contribution in [-0.4, -0.2) is 62.8 Å². The Morgan fingerprint density at radius 1 is 1.28 bits per heavy atom. The molecule has 0 radical (unpaired) electrons. The van der Waals surface area contributed by atoms with Gasteiger partial charge in [-0.3, -0.25) is 9.88 Å². The predicted octanol–water partition coefficient (Wildman–Crippen LogP) is 3.95. The van der Waals surface area contributed by atoms with E-state index in [-0.39, 0.29) is 69.3 Å². The molecule has 1 aromatic carbocycles. The van der Waals surface area contributed by atoms with Crippen LogP contribution in [0, 0.1) is 23.0 Å². The molecule has 9 nitrogen and oxygen atoms in total. The van der Waals surface area contributed by atoms with E-state index in [4.69, 9.17) is 10.5 Å². The van der Waals surface area contributed by atoms with Crippen LogP contribution in [0.3, 0.4) is 0 Å². The van der Waals surface area contributed by atoms with E-state index < -0.39 is 17.2 Å². The number of nitrogen functional groups attached to an aromatic ring is 1. The zero-order valence-electron chi connectivity index (χ0n) is 21.9. The van der Waals surface area contributed by atoms with Gasteiger partial charge in [-0.05, 0) is 38.9 Å². The van der Waals surface area contributed by atoms with Crippen molar-refractivity contribution in [2.45, 2.75) is 51.7 Å². The molecule has 1 fully saturated rings. The third-order valence-electron chi connectivity index (χ3n) is 7.94. The van der Waals surface area contributed by atoms with Gasteiger partial charge in [-0.2, -0.15) is 5.26 Å². The first kappa shape index (κ1) is 25.8. The monoisotopic (exact) mass is 551 g/mol. The van der Waals surface area contributed by atoms with Gasteiger partial charge < -0.3 is 20.5 Å². The second-order valence-electron chi connectivity index (χ2n) is 10.7. The Balaban J connectivity index is 1.55. The van der Waals surface area contributed by atoms with Crippen LogP contribution in [0.15, 0.2) is 12.4 Å². The lowest BCUT2D eigenvalue weighted by atomic mass is 9.94. The highest BCUT2D eigenvalue weighted by atomic mass is 32.1. The molecule has 0 aliphatic carbocycles. The van der Waals surface area contributed by atoms with Gasteiger partial charge in [0.05, 0.1) is 53.6 Å². The predicted molar refractivity (Wildman–Crippen MR) is 145 cm³/mol. The van der Waals surface area contributed by atoms with Crippen LogP contribution in [0.25, 0.3) is 32.2 Å². The molecular weight excluding hydrogens is 524 g/mol. The summed E-state index contributed by atoms with van der Waals surface area (Å²) in [6.45, 7) is 7.00. The molecule has 0 saturated carbocycles. The molecule has 0 spiro atoms. The molecule has 0 bridgehead atoms. The molecule has 39 heavy (non-hydrogen) atoms. The van der Waals surface area contributed by atoms with Crippen LogP contribution >= 0.6 is 11.3 Å². The highest BCUT2D eigenvalue weighted by molar-refractivity contribution is 7.23. The topological polar surface area (TPSA) is 124 Å². The van der Waals surface area contributed by atoms with E-state index in [1.165, 1.54) is 0 Å². The normalized spacial score (nSPS) is 21.0. The quantitative estimate of drug-likeness (QED) is 0.388. The third kappa shape index (κ3) is 3.83. The number of likely N-dealkylation sites (N-methyl/N-ethyl adjacent to an activating group) is 1. The van der Waals surface area contributed by atoms with Crippen molar-refractivity contribution in [2.24, 2.45) is 0 Å². The first-order valence-corrected chi connectivity index (χ1v) is 13.4. The van der Waals surface area contributed by atoms with Gasteiger partial charge in [0, 0.05) is 35.1 Å². The van der Waals surface area contributed by atoms with E-state index in [0.29, 0.717) is 23.4 Å². The number of pyridine rings is 1. The molecule has 1 saturated heterocycles. The fraction of sp³-hybridized carbons (Fsp3) is 0.407. The zero-order valence-corrected chi connectivity index (χ0v) is 22.7. The standard InChI is InChI=1S/C27H27F2N7O2S/c1-12(2)35(4)18-8-36(11-27(18,3)37)26-33-6-14-15-9-38-10-16(15)19(21(29)22(14)34-26)23-20-13(5-30)25(31)39-24(20)17(28)7-32-23/h6-7,12,18,37H,8-11,31H2,1-4H3. The summed E-state index contributed by atoms with van der Waals surface area (Å²) < 4.78 is 37.1. The average Bonchev–Trinajstić information content (AvgIpc) is 3.59. The van der Waals surface area contributed by atoms with Gasteiger partial charge in [-0.25, -0.2) is 18.7 Å². The summed E-state index contributed by atoms with van der Waals surface area (Å²) in [5, 5.41) is 21.7. The summed E-state index contributed by atoms with van der Waals surface area (Å²) >= 11 is 0.932. The fourth-order valence-electron chi connectivity index (χ4n) is 5.73. The molecule has 3 aromatic heterocycles. The number of nitriles is 1. The molecule has 6 rings (SSSR count). The SMILES string of the molecule is CC(C)N(C)C1CN(c2ncc3c4c(c(-c5ncc(F)c6sc(N)c(C#N)c56)c(F)c3n2)COC4)CC1(C)O. The number of halogens is 2. The average molecular weight is 552 g/mol. The number of rotatable bonds is 4. The van der Waals surface area contributed by atoms with Gasteiger partial charge in [-0.15, -0.1) is 11.3 Å². The molecule has 3 N–H and O–H groups in total. The minimum atomic E-state index is -1.02. The van der Waals surface area contributed by atoms with Crippen molar-refractivity contribution >= 4 is 43.3 Å². The van der Waals surface area contributed by atoms with Gasteiger partial charge in [-0.1, -0.05) is 0 Å². The van der Waals surface area contributed by atoms with Gasteiger partial charge in [0.25, 0.3) is 0 Å². The number of aliphatic hydroxyl groups is 1. The molecule has 2 aliphatic heterocycles. The van der Waals surface area contributed by atoms with Crippen molar-refractivity contribution in [3.05, 3.63) is 40.7 Å². The van der Waals surface area contributed by atoms with Crippen molar-refractivity contribution in [3.8, 4) is 17.3 Å². The Kier molecular flexibility index (Phi) is 5.96. The number of anilines is 2. The molecule has 2 atom stereocenters. The summed E-state index contributed by atoms with van der Waals surface area (Å²) in [5.74, 6) is -0.998. The van der Waals surface area contributed by atoms with Crippen molar-refractivity contribution in [2.75, 3.05) is 30.8 Å². The highest BCUT2D eigenvalue weighted by Gasteiger charge is 2.45. The van der Waals surface area contributed by atoms with Crippen LogP contribution in [0.1, 0.15) is 37.5 Å². The number of hydrogen-bond acceptors (Lipinski definition) is 10. The lowest BCUT2D eigenvalue weighted by molar-refractivity contribution is -0.000110. The molecule has 5 heterocycles. The number of thiophene rings is 1. The molecule has 4 aromatic rings. The van der Waals surface area contributed by atoms with E-state index in [0.717, 1.165) is 23.1 Å². The highest BCUT2D eigenvalue weighted by Crippen LogP contribution is 2.45. The second-order valence-corrected chi connectivity index (χ2v) is 11.7. The maximum absolute atomic E-state index is 16.5. The van der Waals surface area contributed by atoms with Crippen molar-refractivity contribution in [1.29, 1.82) is 5.26 Å². The van der Waals surface area contributed by atoms with Gasteiger partial charge in [0.2, 0.25) is 5.95 Å². The number of fused-ring (bicyclic) bond motifs is 4. The van der Waals surface area contributed by atoms with Crippen molar-refractivity contribution < 1.29 is 18.6 Å². The first-order chi connectivity index (χ1) is 18.5. The lowest BCUT2D eigenvalue weighted by Gasteiger charge is -2.34. The van der Waals surface area contributed by atoms with E-state index in [1.807, 2.05) is 18.0 Å². The largest absolute Gasteiger partial charge is 0.389 e. The number of nitrogens with zero attached hydrogens (tertiary/aromatic N) is 6. The molecule has 0 amide bonds. The Morgan fingerprint density at radius 3 is 2.74 bits per heavy atom. The maximum Gasteiger partial charge on any atom is 0.226 e. The Morgan fingerprint density at radius 2 is 2.03 bits per heavy atom. The number of β-amino-alcohol motifs (C(OH)–C–C–N with tert-alkyl or cyclic N) is 1. The minimum Gasteiger partial charge on any atom is -0.389 e. The third-order valence-corrected chi connectivity index (χ3v) is 8.97. The van der Waals surface area contributed by atoms with E-state index >= 15 is 4.39 Å². The number of benzene rings is 1. The fourth-order valence-corrected chi connectivity index (χ4v) is 6.65. The Bertz CT molecular complexity index is 1700. The Labute approximate surface area is 227 Å². The van der Waals surface area contributed by atoms with Crippen LogP contribution in [0.5, 0.6) is 0 Å².